The summed E-state index contributed by atoms with van der Waals surface area (Å²) >= 11 is 0. The van der Waals surface area contributed by atoms with E-state index in [2.05, 4.69) is 15.8 Å². The molecule has 2 aromatic carbocycles. The maximum absolute atomic E-state index is 11.7. The van der Waals surface area contributed by atoms with Gasteiger partial charge in [-0.2, -0.15) is 5.10 Å². The Balaban J connectivity index is 1.49. The molecule has 0 saturated heterocycles. The van der Waals surface area contributed by atoms with Gasteiger partial charge in [0.25, 0.3) is 5.91 Å². The molecule has 3 rings (SSSR count). The van der Waals surface area contributed by atoms with E-state index in [1.54, 1.807) is 24.3 Å². The Morgan fingerprint density at radius 2 is 1.96 bits per heavy atom. The zero-order valence-corrected chi connectivity index (χ0v) is 12.5. The molecule has 1 aliphatic heterocycles. The van der Waals surface area contributed by atoms with Crippen LogP contribution in [0.2, 0.25) is 0 Å². The van der Waals surface area contributed by atoms with Crippen molar-refractivity contribution >= 4 is 17.8 Å². The van der Waals surface area contributed by atoms with Crippen LogP contribution in [0.5, 0.6) is 23.0 Å². The summed E-state index contributed by atoms with van der Waals surface area (Å²) in [6.07, 6.45) is 1.36. The van der Waals surface area contributed by atoms with Gasteiger partial charge in [-0.25, -0.2) is 5.43 Å². The quantitative estimate of drug-likeness (QED) is 0.375. The van der Waals surface area contributed by atoms with Gasteiger partial charge in [-0.3, -0.25) is 4.79 Å². The lowest BCUT2D eigenvalue weighted by molar-refractivity contribution is -0.119. The molecule has 1 amide bonds. The first kappa shape index (κ1) is 15.5. The van der Waals surface area contributed by atoms with Crippen LogP contribution in [0.15, 0.2) is 41.5 Å². The lowest BCUT2D eigenvalue weighted by Gasteiger charge is -2.06. The minimum atomic E-state index is -0.341. The van der Waals surface area contributed by atoms with E-state index in [0.717, 1.165) is 5.69 Å². The number of carbonyl (C=O) groups is 1. The van der Waals surface area contributed by atoms with Gasteiger partial charge < -0.3 is 25.0 Å². The number of carbonyl (C=O) groups excluding carboxylic acids is 1. The Labute approximate surface area is 137 Å². The van der Waals surface area contributed by atoms with Crippen LogP contribution in [-0.2, 0) is 4.79 Å². The molecule has 0 aliphatic carbocycles. The molecule has 0 aromatic heterocycles. The zero-order valence-electron chi connectivity index (χ0n) is 12.5. The van der Waals surface area contributed by atoms with Crippen molar-refractivity contribution in [2.75, 3.05) is 18.7 Å². The monoisotopic (exact) mass is 329 g/mol. The first-order chi connectivity index (χ1) is 11.6. The van der Waals surface area contributed by atoms with E-state index in [1.165, 1.54) is 18.3 Å². The summed E-state index contributed by atoms with van der Waals surface area (Å²) in [7, 11) is 0. The molecule has 0 bridgehead atoms. The van der Waals surface area contributed by atoms with E-state index in [-0.39, 0.29) is 30.7 Å². The van der Waals surface area contributed by atoms with Gasteiger partial charge in [0, 0.05) is 11.8 Å². The fourth-order valence-electron chi connectivity index (χ4n) is 2.03. The Kier molecular flexibility index (Phi) is 4.37. The van der Waals surface area contributed by atoms with Gasteiger partial charge in [-0.05, 0) is 35.9 Å². The van der Waals surface area contributed by atoms with Crippen LogP contribution >= 0.6 is 0 Å². The average Bonchev–Trinajstić information content (AvgIpc) is 3.04. The van der Waals surface area contributed by atoms with Gasteiger partial charge >= 0.3 is 0 Å². The minimum Gasteiger partial charge on any atom is -0.504 e. The normalized spacial score (nSPS) is 12.3. The number of phenolic OH excluding ortho intramolecular Hbond substituents is 2. The fraction of sp³-hybridized carbons (Fsp3) is 0.125. The van der Waals surface area contributed by atoms with Gasteiger partial charge in [-0.15, -0.1) is 0 Å². The topological polar surface area (TPSA) is 112 Å². The zero-order chi connectivity index (χ0) is 16.9. The van der Waals surface area contributed by atoms with Gasteiger partial charge in [0.1, 0.15) is 0 Å². The number of aromatic hydroxyl groups is 2. The van der Waals surface area contributed by atoms with E-state index in [0.29, 0.717) is 17.1 Å². The molecule has 24 heavy (non-hydrogen) atoms. The largest absolute Gasteiger partial charge is 0.504 e. The SMILES string of the molecule is O=C(CNc1ccc2c(c1)OCO2)N/N=C\c1ccc(O)c(O)c1. The van der Waals surface area contributed by atoms with Crippen LogP contribution in [0.25, 0.3) is 0 Å². The molecule has 8 nitrogen and oxygen atoms in total. The third kappa shape index (κ3) is 3.67. The molecule has 124 valence electrons. The van der Waals surface area contributed by atoms with E-state index < -0.39 is 0 Å². The molecular formula is C16H15N3O5. The van der Waals surface area contributed by atoms with Crippen LogP contribution in [0, 0.1) is 0 Å². The number of rotatable bonds is 5. The second-order valence-corrected chi connectivity index (χ2v) is 4.96. The van der Waals surface area contributed by atoms with E-state index in [4.69, 9.17) is 9.47 Å². The molecule has 0 spiro atoms. The molecule has 0 atom stereocenters. The van der Waals surface area contributed by atoms with Crippen molar-refractivity contribution in [3.05, 3.63) is 42.0 Å². The van der Waals surface area contributed by atoms with Gasteiger partial charge in [0.2, 0.25) is 6.79 Å². The maximum Gasteiger partial charge on any atom is 0.259 e. The van der Waals surface area contributed by atoms with Gasteiger partial charge in [-0.1, -0.05) is 0 Å². The van der Waals surface area contributed by atoms with Crippen molar-refractivity contribution in [3.8, 4) is 23.0 Å². The number of hydrogen-bond acceptors (Lipinski definition) is 7. The Bertz CT molecular complexity index is 791. The Morgan fingerprint density at radius 1 is 1.12 bits per heavy atom. The predicted octanol–water partition coefficient (Wildman–Crippen LogP) is 1.39. The lowest BCUT2D eigenvalue weighted by atomic mass is 10.2. The number of benzene rings is 2. The standard InChI is InChI=1S/C16H15N3O5/c20-12-3-1-10(5-13(12)21)7-18-19-16(22)8-17-11-2-4-14-15(6-11)24-9-23-14/h1-7,17,20-21H,8-9H2,(H,19,22)/b18-7-. The molecule has 0 radical (unpaired) electrons. The van der Waals surface area contributed by atoms with Crippen molar-refractivity contribution in [2.45, 2.75) is 0 Å². The summed E-state index contributed by atoms with van der Waals surface area (Å²) in [5.74, 6) is 0.489. The van der Waals surface area contributed by atoms with E-state index in [1.807, 2.05) is 0 Å². The molecular weight excluding hydrogens is 314 g/mol. The highest BCUT2D eigenvalue weighted by molar-refractivity contribution is 5.84. The highest BCUT2D eigenvalue weighted by Crippen LogP contribution is 2.34. The average molecular weight is 329 g/mol. The summed E-state index contributed by atoms with van der Waals surface area (Å²) in [5, 5.41) is 25.3. The maximum atomic E-state index is 11.7. The molecule has 0 fully saturated rings. The Hall–Kier alpha value is -3.42. The number of hydrogen-bond donors (Lipinski definition) is 4. The molecule has 0 saturated carbocycles. The number of fused-ring (bicyclic) bond motifs is 1. The van der Waals surface area contributed by atoms with Crippen LogP contribution in [0.3, 0.4) is 0 Å². The molecule has 0 unspecified atom stereocenters. The lowest BCUT2D eigenvalue weighted by Crippen LogP contribution is -2.25. The number of hydrazone groups is 1. The smallest absolute Gasteiger partial charge is 0.259 e. The predicted molar refractivity (Wildman–Crippen MR) is 86.6 cm³/mol. The molecule has 8 heteroatoms. The number of anilines is 1. The third-order valence-electron chi connectivity index (χ3n) is 3.23. The van der Waals surface area contributed by atoms with Gasteiger partial charge in [0.15, 0.2) is 23.0 Å². The summed E-state index contributed by atoms with van der Waals surface area (Å²) in [4.78, 5) is 11.7. The van der Waals surface area contributed by atoms with Crippen LogP contribution in [-0.4, -0.2) is 35.7 Å². The van der Waals surface area contributed by atoms with Gasteiger partial charge in [0.05, 0.1) is 12.8 Å². The van der Waals surface area contributed by atoms with Crippen molar-refractivity contribution < 1.29 is 24.5 Å². The molecule has 1 heterocycles. The summed E-state index contributed by atoms with van der Waals surface area (Å²) in [5.41, 5.74) is 3.62. The highest BCUT2D eigenvalue weighted by atomic mass is 16.7. The van der Waals surface area contributed by atoms with Crippen molar-refractivity contribution in [3.63, 3.8) is 0 Å². The van der Waals surface area contributed by atoms with Crippen LogP contribution < -0.4 is 20.2 Å². The van der Waals surface area contributed by atoms with Crippen LogP contribution in [0.4, 0.5) is 5.69 Å². The number of phenols is 2. The van der Waals surface area contributed by atoms with Crippen molar-refractivity contribution in [2.24, 2.45) is 5.10 Å². The summed E-state index contributed by atoms with van der Waals surface area (Å²) in [6, 6.07) is 9.50. The highest BCUT2D eigenvalue weighted by Gasteiger charge is 2.13. The third-order valence-corrected chi connectivity index (χ3v) is 3.23. The van der Waals surface area contributed by atoms with Crippen molar-refractivity contribution in [1.29, 1.82) is 0 Å². The summed E-state index contributed by atoms with van der Waals surface area (Å²) < 4.78 is 10.5. The second-order valence-electron chi connectivity index (χ2n) is 4.96. The minimum absolute atomic E-state index is 0.0256. The fourth-order valence-corrected chi connectivity index (χ4v) is 2.03. The molecule has 4 N–H and O–H groups in total. The number of nitrogens with zero attached hydrogens (tertiary/aromatic N) is 1. The molecule has 1 aliphatic rings. The first-order valence-electron chi connectivity index (χ1n) is 7.09. The first-order valence-corrected chi connectivity index (χ1v) is 7.09. The number of nitrogens with one attached hydrogen (secondary N) is 2. The molecule has 2 aromatic rings. The number of ether oxygens (including phenoxy) is 2. The van der Waals surface area contributed by atoms with Crippen molar-refractivity contribution in [1.82, 2.24) is 5.43 Å². The van der Waals surface area contributed by atoms with E-state index >= 15 is 0 Å². The number of amides is 1. The Morgan fingerprint density at radius 3 is 2.79 bits per heavy atom. The van der Waals surface area contributed by atoms with Crippen LogP contribution in [0.1, 0.15) is 5.56 Å². The van der Waals surface area contributed by atoms with E-state index in [9.17, 15) is 15.0 Å². The second kappa shape index (κ2) is 6.78. The summed E-state index contributed by atoms with van der Waals surface area (Å²) in [6.45, 7) is 0.221.